The number of nitrogens with zero attached hydrogens (tertiary/aromatic N) is 5. The Morgan fingerprint density at radius 3 is 2.53 bits per heavy atom. The van der Waals surface area contributed by atoms with E-state index >= 15 is 0 Å². The van der Waals surface area contributed by atoms with Gasteiger partial charge in [0, 0.05) is 11.3 Å². The molecule has 32 heavy (non-hydrogen) atoms. The van der Waals surface area contributed by atoms with Gasteiger partial charge in [0.25, 0.3) is 5.95 Å². The SMILES string of the molecule is Cc1c(-c2cccc(OC3CC3)c2)c(C)n2c(=O)n(-c3ncc(OC(F)F)cn3)ncc12. The van der Waals surface area contributed by atoms with Gasteiger partial charge in [0.1, 0.15) is 5.75 Å². The molecule has 0 amide bonds. The second-order valence-electron chi connectivity index (χ2n) is 7.59. The predicted octanol–water partition coefficient (Wildman–Crippen LogP) is 3.70. The number of alkyl halides is 2. The Morgan fingerprint density at radius 1 is 1.09 bits per heavy atom. The lowest BCUT2D eigenvalue weighted by Crippen LogP contribution is -2.29. The van der Waals surface area contributed by atoms with Crippen LogP contribution in [0.2, 0.25) is 0 Å². The van der Waals surface area contributed by atoms with Crippen LogP contribution in [-0.4, -0.2) is 36.9 Å². The molecule has 0 spiro atoms. The van der Waals surface area contributed by atoms with Crippen molar-refractivity contribution in [1.29, 1.82) is 0 Å². The first-order chi connectivity index (χ1) is 15.4. The Bertz CT molecular complexity index is 1360. The van der Waals surface area contributed by atoms with Gasteiger partial charge in [-0.05, 0) is 49.9 Å². The molecule has 0 atom stereocenters. The van der Waals surface area contributed by atoms with Crippen LogP contribution in [-0.2, 0) is 0 Å². The summed E-state index contributed by atoms with van der Waals surface area (Å²) in [4.78, 5) is 21.1. The number of ether oxygens (including phenoxy) is 2. The highest BCUT2D eigenvalue weighted by Crippen LogP contribution is 2.34. The van der Waals surface area contributed by atoms with E-state index in [0.717, 1.165) is 58.1 Å². The summed E-state index contributed by atoms with van der Waals surface area (Å²) < 4.78 is 37.4. The maximum Gasteiger partial charge on any atom is 0.387 e. The Kier molecular flexibility index (Phi) is 4.84. The normalized spacial score (nSPS) is 13.7. The minimum absolute atomic E-state index is 0.0503. The first-order valence-electron chi connectivity index (χ1n) is 10.1. The zero-order chi connectivity index (χ0) is 22.4. The van der Waals surface area contributed by atoms with Crippen LogP contribution in [0.15, 0.2) is 47.7 Å². The Hall–Kier alpha value is -3.82. The molecule has 0 N–H and O–H groups in total. The summed E-state index contributed by atoms with van der Waals surface area (Å²) in [6.45, 7) is 0.805. The van der Waals surface area contributed by atoms with Gasteiger partial charge in [0.05, 0.1) is 30.2 Å². The maximum absolute atomic E-state index is 13.2. The summed E-state index contributed by atoms with van der Waals surface area (Å²) in [7, 11) is 0. The third-order valence-corrected chi connectivity index (χ3v) is 5.34. The molecule has 0 aliphatic heterocycles. The monoisotopic (exact) mass is 439 g/mol. The van der Waals surface area contributed by atoms with E-state index in [1.165, 1.54) is 0 Å². The van der Waals surface area contributed by atoms with Crippen molar-refractivity contribution in [3.05, 3.63) is 64.6 Å². The number of benzene rings is 1. The minimum Gasteiger partial charge on any atom is -0.490 e. The Labute approximate surface area is 181 Å². The van der Waals surface area contributed by atoms with Crippen LogP contribution >= 0.6 is 0 Å². The fourth-order valence-electron chi connectivity index (χ4n) is 3.77. The van der Waals surface area contributed by atoms with E-state index < -0.39 is 12.3 Å². The molecule has 1 aromatic carbocycles. The van der Waals surface area contributed by atoms with Crippen molar-refractivity contribution in [2.45, 2.75) is 39.4 Å². The van der Waals surface area contributed by atoms with Gasteiger partial charge in [-0.15, -0.1) is 4.68 Å². The maximum atomic E-state index is 13.2. The molecule has 1 aliphatic rings. The summed E-state index contributed by atoms with van der Waals surface area (Å²) in [6, 6.07) is 7.81. The Morgan fingerprint density at radius 2 is 1.84 bits per heavy atom. The number of aromatic nitrogens is 5. The number of hydrogen-bond acceptors (Lipinski definition) is 6. The average Bonchev–Trinajstić information content (AvgIpc) is 3.53. The molecule has 0 unspecified atom stereocenters. The molecule has 8 nitrogen and oxygen atoms in total. The zero-order valence-electron chi connectivity index (χ0n) is 17.3. The van der Waals surface area contributed by atoms with Crippen molar-refractivity contribution in [3.63, 3.8) is 0 Å². The highest BCUT2D eigenvalue weighted by molar-refractivity contribution is 5.79. The lowest BCUT2D eigenvalue weighted by Gasteiger charge is -2.08. The summed E-state index contributed by atoms with van der Waals surface area (Å²) >= 11 is 0. The molecule has 0 radical (unpaired) electrons. The Balaban J connectivity index is 1.58. The van der Waals surface area contributed by atoms with E-state index in [2.05, 4.69) is 19.8 Å². The fraction of sp³-hybridized carbons (Fsp3) is 0.273. The van der Waals surface area contributed by atoms with Gasteiger partial charge in [0.15, 0.2) is 5.75 Å². The zero-order valence-corrected chi connectivity index (χ0v) is 17.3. The van der Waals surface area contributed by atoms with Crippen molar-refractivity contribution in [2.24, 2.45) is 0 Å². The van der Waals surface area contributed by atoms with Gasteiger partial charge in [-0.3, -0.25) is 4.40 Å². The van der Waals surface area contributed by atoms with E-state index in [1.54, 1.807) is 10.6 Å². The van der Waals surface area contributed by atoms with Gasteiger partial charge in [-0.2, -0.15) is 13.9 Å². The van der Waals surface area contributed by atoms with E-state index in [4.69, 9.17) is 4.74 Å². The molecule has 3 aromatic heterocycles. The van der Waals surface area contributed by atoms with E-state index in [-0.39, 0.29) is 17.8 Å². The number of hydrogen-bond donors (Lipinski definition) is 0. The topological polar surface area (TPSA) is 83.5 Å². The number of fused-ring (bicyclic) bond motifs is 1. The molecular formula is C22H19F2N5O3. The van der Waals surface area contributed by atoms with Crippen molar-refractivity contribution in [3.8, 4) is 28.6 Å². The predicted molar refractivity (Wildman–Crippen MR) is 112 cm³/mol. The molecule has 164 valence electrons. The summed E-state index contributed by atoms with van der Waals surface area (Å²) in [6.07, 6.45) is 6.12. The fourth-order valence-corrected chi connectivity index (χ4v) is 3.77. The van der Waals surface area contributed by atoms with Gasteiger partial charge < -0.3 is 9.47 Å². The van der Waals surface area contributed by atoms with Gasteiger partial charge in [-0.25, -0.2) is 14.8 Å². The molecule has 1 fully saturated rings. The van der Waals surface area contributed by atoms with E-state index in [9.17, 15) is 13.6 Å². The molecular weight excluding hydrogens is 420 g/mol. The highest BCUT2D eigenvalue weighted by atomic mass is 19.3. The second-order valence-corrected chi connectivity index (χ2v) is 7.59. The molecule has 0 bridgehead atoms. The van der Waals surface area contributed by atoms with Crippen molar-refractivity contribution < 1.29 is 18.3 Å². The van der Waals surface area contributed by atoms with Crippen LogP contribution in [0, 0.1) is 13.8 Å². The standard InChI is InChI=1S/C22H19F2N5O3/c1-12-18-11-27-29(21-25-9-17(10-26-21)32-20(23)24)22(30)28(18)13(2)19(12)14-4-3-5-16(8-14)31-15-6-7-15/h3-5,8-11,15,20H,6-7H2,1-2H3. The third kappa shape index (κ3) is 3.57. The molecule has 5 rings (SSSR count). The average molecular weight is 439 g/mol. The smallest absolute Gasteiger partial charge is 0.387 e. The number of rotatable bonds is 6. The summed E-state index contributed by atoms with van der Waals surface area (Å²) in [5.74, 6) is 0.543. The van der Waals surface area contributed by atoms with Crippen LogP contribution in [0.5, 0.6) is 11.5 Å². The van der Waals surface area contributed by atoms with Crippen LogP contribution < -0.4 is 15.2 Å². The molecule has 3 heterocycles. The largest absolute Gasteiger partial charge is 0.490 e. The van der Waals surface area contributed by atoms with E-state index in [0.29, 0.717) is 5.52 Å². The number of aryl methyl sites for hydroxylation is 2. The summed E-state index contributed by atoms with van der Waals surface area (Å²) in [5.41, 5.74) is 3.69. The van der Waals surface area contributed by atoms with Gasteiger partial charge in [0.2, 0.25) is 0 Å². The molecule has 10 heteroatoms. The second kappa shape index (κ2) is 7.70. The molecule has 1 aliphatic carbocycles. The van der Waals surface area contributed by atoms with Crippen LogP contribution in [0.1, 0.15) is 24.1 Å². The quantitative estimate of drug-likeness (QED) is 0.456. The lowest BCUT2D eigenvalue weighted by molar-refractivity contribution is -0.0503. The van der Waals surface area contributed by atoms with Crippen molar-refractivity contribution >= 4 is 5.52 Å². The first-order valence-corrected chi connectivity index (χ1v) is 10.1. The van der Waals surface area contributed by atoms with Crippen LogP contribution in [0.3, 0.4) is 0 Å². The van der Waals surface area contributed by atoms with Crippen LogP contribution in [0.25, 0.3) is 22.6 Å². The highest BCUT2D eigenvalue weighted by Gasteiger charge is 2.24. The third-order valence-electron chi connectivity index (χ3n) is 5.34. The van der Waals surface area contributed by atoms with E-state index in [1.807, 2.05) is 38.1 Å². The summed E-state index contributed by atoms with van der Waals surface area (Å²) in [5, 5.41) is 4.19. The number of halogens is 2. The van der Waals surface area contributed by atoms with Gasteiger partial charge >= 0.3 is 12.3 Å². The van der Waals surface area contributed by atoms with Crippen LogP contribution in [0.4, 0.5) is 8.78 Å². The molecule has 4 aromatic rings. The molecule has 0 saturated heterocycles. The minimum atomic E-state index is -2.99. The first kappa shape index (κ1) is 20.1. The lowest BCUT2D eigenvalue weighted by atomic mass is 10.0. The van der Waals surface area contributed by atoms with Gasteiger partial charge in [-0.1, -0.05) is 12.1 Å². The van der Waals surface area contributed by atoms with Crippen molar-refractivity contribution in [1.82, 2.24) is 24.1 Å². The molecule has 1 saturated carbocycles. The van der Waals surface area contributed by atoms with Crippen molar-refractivity contribution in [2.75, 3.05) is 0 Å².